The number of nitrogens with zero attached hydrogens (tertiary/aromatic N) is 1. The van der Waals surface area contributed by atoms with Crippen LogP contribution in [0.3, 0.4) is 0 Å². The summed E-state index contributed by atoms with van der Waals surface area (Å²) in [7, 11) is 0. The van der Waals surface area contributed by atoms with Crippen LogP contribution in [0.15, 0.2) is 48.5 Å². The van der Waals surface area contributed by atoms with Gasteiger partial charge in [0.15, 0.2) is 0 Å². The Morgan fingerprint density at radius 2 is 1.83 bits per heavy atom. The largest absolute Gasteiger partial charge is 0.366 e. The van der Waals surface area contributed by atoms with Gasteiger partial charge < -0.3 is 5.32 Å². The second kappa shape index (κ2) is 5.52. The van der Waals surface area contributed by atoms with E-state index < -0.39 is 11.9 Å². The van der Waals surface area contributed by atoms with Gasteiger partial charge in [0.2, 0.25) is 0 Å². The first-order chi connectivity index (χ1) is 8.72. The number of hydrogen-bond acceptors (Lipinski definition) is 2. The fraction of sp³-hybridized carbons (Fsp3) is 0.0714. The van der Waals surface area contributed by atoms with Crippen molar-refractivity contribution in [3.63, 3.8) is 0 Å². The van der Waals surface area contributed by atoms with Gasteiger partial charge in [-0.15, -0.1) is 0 Å². The highest BCUT2D eigenvalue weighted by molar-refractivity contribution is 6.30. The summed E-state index contributed by atoms with van der Waals surface area (Å²) in [6.45, 7) is 0. The van der Waals surface area contributed by atoms with Crippen molar-refractivity contribution in [2.45, 2.75) is 6.04 Å². The molecule has 0 saturated heterocycles. The Kier molecular flexibility index (Phi) is 3.81. The summed E-state index contributed by atoms with van der Waals surface area (Å²) in [6, 6.07) is 15.0. The van der Waals surface area contributed by atoms with Crippen LogP contribution in [-0.4, -0.2) is 0 Å². The Morgan fingerprint density at radius 3 is 2.50 bits per heavy atom. The van der Waals surface area contributed by atoms with Crippen LogP contribution in [0.5, 0.6) is 0 Å². The molecule has 1 N–H and O–H groups in total. The van der Waals surface area contributed by atoms with Gasteiger partial charge in [0.05, 0.1) is 11.1 Å². The van der Waals surface area contributed by atoms with E-state index in [0.717, 1.165) is 5.69 Å². The molecule has 18 heavy (non-hydrogen) atoms. The van der Waals surface area contributed by atoms with Crippen LogP contribution in [0, 0.1) is 17.1 Å². The number of para-hydroxylation sites is 1. The molecule has 0 aromatic heterocycles. The molecule has 90 valence electrons. The number of hydrogen-bond donors (Lipinski definition) is 1. The molecular formula is C14H10ClFN2. The summed E-state index contributed by atoms with van der Waals surface area (Å²) in [4.78, 5) is 0. The topological polar surface area (TPSA) is 35.8 Å². The molecule has 0 spiro atoms. The van der Waals surface area contributed by atoms with Crippen molar-refractivity contribution in [3.8, 4) is 6.07 Å². The average Bonchev–Trinajstić information content (AvgIpc) is 2.41. The van der Waals surface area contributed by atoms with Gasteiger partial charge in [-0.1, -0.05) is 41.9 Å². The quantitative estimate of drug-likeness (QED) is 0.900. The SMILES string of the molecule is N#CC(Nc1ccccc1)c1cccc(Cl)c1F. The Bertz CT molecular complexity index is 578. The molecule has 2 nitrogen and oxygen atoms in total. The molecule has 0 fully saturated rings. The third-order valence-electron chi connectivity index (χ3n) is 2.51. The predicted molar refractivity (Wildman–Crippen MR) is 69.8 cm³/mol. The van der Waals surface area contributed by atoms with Crippen molar-refractivity contribution in [2.75, 3.05) is 5.32 Å². The van der Waals surface area contributed by atoms with Gasteiger partial charge in [-0.25, -0.2) is 4.39 Å². The molecule has 0 aliphatic heterocycles. The van der Waals surface area contributed by atoms with E-state index in [9.17, 15) is 4.39 Å². The third-order valence-corrected chi connectivity index (χ3v) is 2.80. The molecule has 0 saturated carbocycles. The molecule has 0 aliphatic carbocycles. The van der Waals surface area contributed by atoms with Gasteiger partial charge in [-0.2, -0.15) is 5.26 Å². The zero-order valence-electron chi connectivity index (χ0n) is 9.40. The maximum absolute atomic E-state index is 13.8. The highest BCUT2D eigenvalue weighted by Crippen LogP contribution is 2.25. The molecule has 1 unspecified atom stereocenters. The lowest BCUT2D eigenvalue weighted by atomic mass is 10.1. The van der Waals surface area contributed by atoms with Crippen molar-refractivity contribution in [1.29, 1.82) is 5.26 Å². The molecule has 4 heteroatoms. The van der Waals surface area contributed by atoms with E-state index in [1.165, 1.54) is 6.07 Å². The van der Waals surface area contributed by atoms with Crippen molar-refractivity contribution in [1.82, 2.24) is 0 Å². The molecule has 0 amide bonds. The maximum atomic E-state index is 13.8. The normalized spacial score (nSPS) is 11.6. The minimum Gasteiger partial charge on any atom is -0.366 e. The van der Waals surface area contributed by atoms with Gasteiger partial charge in [-0.3, -0.25) is 0 Å². The summed E-state index contributed by atoms with van der Waals surface area (Å²) in [5, 5.41) is 12.1. The van der Waals surface area contributed by atoms with E-state index in [0.29, 0.717) is 0 Å². The van der Waals surface area contributed by atoms with Crippen LogP contribution in [0.1, 0.15) is 11.6 Å². The summed E-state index contributed by atoms with van der Waals surface area (Å²) in [5.41, 5.74) is 0.997. The van der Waals surface area contributed by atoms with Crippen LogP contribution in [0.25, 0.3) is 0 Å². The average molecular weight is 261 g/mol. The molecule has 2 aromatic carbocycles. The standard InChI is InChI=1S/C14H10ClFN2/c15-12-8-4-7-11(14(12)16)13(9-17)18-10-5-2-1-3-6-10/h1-8,13,18H. The van der Waals surface area contributed by atoms with Gasteiger partial charge in [0.1, 0.15) is 11.9 Å². The highest BCUT2D eigenvalue weighted by Gasteiger charge is 2.16. The molecule has 0 aliphatic rings. The van der Waals surface area contributed by atoms with Crippen molar-refractivity contribution < 1.29 is 4.39 Å². The Balaban J connectivity index is 2.30. The zero-order chi connectivity index (χ0) is 13.0. The fourth-order valence-corrected chi connectivity index (χ4v) is 1.81. The molecule has 2 aromatic rings. The molecule has 2 rings (SSSR count). The van der Waals surface area contributed by atoms with Gasteiger partial charge >= 0.3 is 0 Å². The molecule has 1 atom stereocenters. The summed E-state index contributed by atoms with van der Waals surface area (Å²) in [6.07, 6.45) is 0. The lowest BCUT2D eigenvalue weighted by molar-refractivity contribution is 0.608. The molecule has 0 bridgehead atoms. The Labute approximate surface area is 110 Å². The van der Waals surface area contributed by atoms with Gasteiger partial charge in [0, 0.05) is 11.3 Å². The summed E-state index contributed by atoms with van der Waals surface area (Å²) >= 11 is 5.71. The summed E-state index contributed by atoms with van der Waals surface area (Å²) in [5.74, 6) is -0.561. The first-order valence-corrected chi connectivity index (χ1v) is 5.75. The van der Waals surface area contributed by atoms with Gasteiger partial charge in [0.25, 0.3) is 0 Å². The predicted octanol–water partition coefficient (Wildman–Crippen LogP) is 4.16. The van der Waals surface area contributed by atoms with E-state index >= 15 is 0 Å². The molecule has 0 heterocycles. The minimum atomic E-state index is -0.772. The number of benzene rings is 2. The number of nitriles is 1. The van der Waals surface area contributed by atoms with Crippen LogP contribution in [0.2, 0.25) is 5.02 Å². The number of nitrogens with one attached hydrogen (secondary N) is 1. The number of rotatable bonds is 3. The maximum Gasteiger partial charge on any atom is 0.148 e. The highest BCUT2D eigenvalue weighted by atomic mass is 35.5. The fourth-order valence-electron chi connectivity index (χ4n) is 1.62. The second-order valence-electron chi connectivity index (χ2n) is 3.72. The lowest BCUT2D eigenvalue weighted by Gasteiger charge is -2.14. The first-order valence-electron chi connectivity index (χ1n) is 5.37. The van der Waals surface area contributed by atoms with E-state index in [4.69, 9.17) is 16.9 Å². The van der Waals surface area contributed by atoms with Gasteiger partial charge in [-0.05, 0) is 18.2 Å². The van der Waals surface area contributed by atoms with E-state index in [2.05, 4.69) is 5.32 Å². The van der Waals surface area contributed by atoms with E-state index in [-0.39, 0.29) is 10.6 Å². The Morgan fingerprint density at radius 1 is 1.11 bits per heavy atom. The van der Waals surface area contributed by atoms with Crippen molar-refractivity contribution in [3.05, 3.63) is 64.9 Å². The number of anilines is 1. The van der Waals surface area contributed by atoms with Crippen LogP contribution in [0.4, 0.5) is 10.1 Å². The summed E-state index contributed by atoms with van der Waals surface area (Å²) < 4.78 is 13.8. The van der Waals surface area contributed by atoms with Crippen LogP contribution >= 0.6 is 11.6 Å². The Hall–Kier alpha value is -2.05. The van der Waals surface area contributed by atoms with Crippen molar-refractivity contribution >= 4 is 17.3 Å². The first kappa shape index (κ1) is 12.4. The smallest absolute Gasteiger partial charge is 0.148 e. The van der Waals surface area contributed by atoms with E-state index in [1.807, 2.05) is 36.4 Å². The number of halogens is 2. The third kappa shape index (κ3) is 2.61. The van der Waals surface area contributed by atoms with Crippen LogP contribution in [-0.2, 0) is 0 Å². The minimum absolute atomic E-state index is 0.0163. The second-order valence-corrected chi connectivity index (χ2v) is 4.12. The zero-order valence-corrected chi connectivity index (χ0v) is 10.2. The lowest BCUT2D eigenvalue weighted by Crippen LogP contribution is -2.10. The molecule has 0 radical (unpaired) electrons. The van der Waals surface area contributed by atoms with Crippen molar-refractivity contribution in [2.24, 2.45) is 0 Å². The molecular weight excluding hydrogens is 251 g/mol. The van der Waals surface area contributed by atoms with Crippen LogP contribution < -0.4 is 5.32 Å². The van der Waals surface area contributed by atoms with E-state index in [1.54, 1.807) is 12.1 Å². The monoisotopic (exact) mass is 260 g/mol.